The zero-order chi connectivity index (χ0) is 13.6. The summed E-state index contributed by atoms with van der Waals surface area (Å²) in [6.07, 6.45) is 0.500. The molecular weight excluding hydrogens is 248 g/mol. The van der Waals surface area contributed by atoms with Crippen LogP contribution in [0.2, 0.25) is 0 Å². The van der Waals surface area contributed by atoms with Gasteiger partial charge in [-0.1, -0.05) is 10.2 Å². The van der Waals surface area contributed by atoms with E-state index in [4.69, 9.17) is 9.59 Å². The molecule has 14 heteroatoms. The summed E-state index contributed by atoms with van der Waals surface area (Å²) in [5, 5.41) is 32.1. The van der Waals surface area contributed by atoms with E-state index in [0.29, 0.717) is 0 Å². The predicted octanol–water partition coefficient (Wildman–Crippen LogP) is -2.67. The van der Waals surface area contributed by atoms with Crippen molar-refractivity contribution in [3.05, 3.63) is 0 Å². The number of H-pyrrole nitrogens is 2. The van der Waals surface area contributed by atoms with E-state index in [0.717, 1.165) is 0 Å². The normalized spacial score (nSPS) is 8.67. The SMILES string of the molecule is N(=Nc1nn[nH]n1)c1nn[nH]n1.NC=O.NC=O. The molecule has 0 bridgehead atoms. The number of carbonyl (C=O) groups is 2. The quantitative estimate of drug-likeness (QED) is 0.326. The van der Waals surface area contributed by atoms with Crippen LogP contribution in [0.1, 0.15) is 0 Å². The summed E-state index contributed by atoms with van der Waals surface area (Å²) in [6, 6.07) is 0. The predicted molar refractivity (Wildman–Crippen MR) is 53.0 cm³/mol. The lowest BCUT2D eigenvalue weighted by Crippen LogP contribution is -1.82. The molecule has 0 aliphatic carbocycles. The van der Waals surface area contributed by atoms with E-state index in [1.54, 1.807) is 0 Å². The van der Waals surface area contributed by atoms with Gasteiger partial charge in [-0.2, -0.15) is 10.4 Å². The van der Waals surface area contributed by atoms with Crippen LogP contribution in [0, 0.1) is 0 Å². The molecule has 0 aliphatic heterocycles. The summed E-state index contributed by atoms with van der Waals surface area (Å²) in [5.41, 5.74) is 8.33. The highest BCUT2D eigenvalue weighted by molar-refractivity contribution is 5.42. The number of hydrogen-bond acceptors (Lipinski definition) is 10. The number of primary amides is 2. The van der Waals surface area contributed by atoms with E-state index < -0.39 is 0 Å². The molecule has 0 saturated heterocycles. The number of rotatable bonds is 2. The molecule has 2 aromatic rings. The minimum atomic E-state index is 0.111. The van der Waals surface area contributed by atoms with Crippen LogP contribution in [-0.2, 0) is 9.59 Å². The first-order valence-corrected chi connectivity index (χ1v) is 3.97. The second-order valence-electron chi connectivity index (χ2n) is 1.90. The Hall–Kier alpha value is -3.32. The summed E-state index contributed by atoms with van der Waals surface area (Å²) in [4.78, 5) is 17.2. The van der Waals surface area contributed by atoms with Gasteiger partial charge in [-0.3, -0.25) is 9.59 Å². The third kappa shape index (κ3) is 7.04. The monoisotopic (exact) mass is 256 g/mol. The summed E-state index contributed by atoms with van der Waals surface area (Å²) in [7, 11) is 0. The molecule has 96 valence electrons. The molecule has 2 rings (SSSR count). The highest BCUT2D eigenvalue weighted by atomic mass is 16.1. The number of aromatic nitrogens is 8. The Morgan fingerprint density at radius 3 is 1.44 bits per heavy atom. The van der Waals surface area contributed by atoms with Gasteiger partial charge in [0, 0.05) is 0 Å². The number of nitrogens with zero attached hydrogens (tertiary/aromatic N) is 8. The van der Waals surface area contributed by atoms with Crippen LogP contribution in [0.15, 0.2) is 10.2 Å². The van der Waals surface area contributed by atoms with Crippen molar-refractivity contribution in [3.63, 3.8) is 0 Å². The molecule has 0 spiro atoms. The zero-order valence-electron chi connectivity index (χ0n) is 8.70. The van der Waals surface area contributed by atoms with Gasteiger partial charge >= 0.3 is 11.9 Å². The second kappa shape index (κ2) is 10.2. The van der Waals surface area contributed by atoms with Gasteiger partial charge in [-0.25, -0.2) is 0 Å². The van der Waals surface area contributed by atoms with Gasteiger partial charge in [0.05, 0.1) is 0 Å². The summed E-state index contributed by atoms with van der Waals surface area (Å²) >= 11 is 0. The van der Waals surface area contributed by atoms with Crippen LogP contribution in [-0.4, -0.2) is 54.1 Å². The zero-order valence-corrected chi connectivity index (χ0v) is 8.70. The largest absolute Gasteiger partial charge is 0.372 e. The smallest absolute Gasteiger partial charge is 0.307 e. The van der Waals surface area contributed by atoms with Gasteiger partial charge in [-0.15, -0.1) is 20.4 Å². The van der Waals surface area contributed by atoms with Crippen molar-refractivity contribution in [2.24, 2.45) is 21.7 Å². The third-order valence-electron chi connectivity index (χ3n) is 0.897. The van der Waals surface area contributed by atoms with Crippen molar-refractivity contribution < 1.29 is 9.59 Å². The number of aromatic amines is 2. The number of carbonyl (C=O) groups excluding carboxylic acids is 2. The number of nitrogens with two attached hydrogens (primary N) is 2. The van der Waals surface area contributed by atoms with E-state index in [2.05, 4.69) is 62.9 Å². The average molecular weight is 256 g/mol. The lowest BCUT2D eigenvalue weighted by molar-refractivity contribution is -0.107. The number of nitrogens with one attached hydrogen (secondary N) is 2. The standard InChI is InChI=1S/C2H2N10.2CH3NO/c3(1-5-9-10-6-1)4-2-7-11-12-8-2;2*2-1-3/h(H,5,6,9,10)(H,7,8,11,12);2*1H,(H2,2,3). The van der Waals surface area contributed by atoms with Crippen LogP contribution in [0.3, 0.4) is 0 Å². The maximum atomic E-state index is 8.58. The van der Waals surface area contributed by atoms with E-state index in [-0.39, 0.29) is 24.7 Å². The van der Waals surface area contributed by atoms with Crippen LogP contribution in [0.4, 0.5) is 11.9 Å². The Balaban J connectivity index is 0.000000414. The fraction of sp³-hybridized carbons (Fsp3) is 0. The second-order valence-corrected chi connectivity index (χ2v) is 1.90. The van der Waals surface area contributed by atoms with E-state index in [1.165, 1.54) is 0 Å². The van der Waals surface area contributed by atoms with Crippen LogP contribution in [0.25, 0.3) is 0 Å². The number of amides is 2. The molecule has 0 fully saturated rings. The van der Waals surface area contributed by atoms with Crippen molar-refractivity contribution >= 4 is 24.7 Å². The molecule has 0 unspecified atom stereocenters. The Kier molecular flexibility index (Phi) is 8.32. The molecule has 0 saturated carbocycles. The first kappa shape index (κ1) is 14.7. The van der Waals surface area contributed by atoms with Crippen molar-refractivity contribution in [2.75, 3.05) is 0 Å². The van der Waals surface area contributed by atoms with Gasteiger partial charge in [0.1, 0.15) is 0 Å². The van der Waals surface area contributed by atoms with E-state index in [1.807, 2.05) is 0 Å². The lowest BCUT2D eigenvalue weighted by Gasteiger charge is -1.74. The third-order valence-corrected chi connectivity index (χ3v) is 0.897. The Bertz CT molecular complexity index is 390. The number of tetrazole rings is 2. The summed E-state index contributed by atoms with van der Waals surface area (Å²) in [5.74, 6) is 0.222. The molecule has 18 heavy (non-hydrogen) atoms. The van der Waals surface area contributed by atoms with Gasteiger partial charge in [0.15, 0.2) is 0 Å². The molecule has 0 radical (unpaired) electrons. The van der Waals surface area contributed by atoms with Crippen molar-refractivity contribution in [1.82, 2.24) is 41.2 Å². The fourth-order valence-electron chi connectivity index (χ4n) is 0.487. The van der Waals surface area contributed by atoms with Crippen molar-refractivity contribution in [1.29, 1.82) is 0 Å². The Morgan fingerprint density at radius 2 is 1.22 bits per heavy atom. The molecule has 2 heterocycles. The molecular formula is C4H8N12O2. The molecule has 2 amide bonds. The summed E-state index contributed by atoms with van der Waals surface area (Å²) < 4.78 is 0. The maximum Gasteiger partial charge on any atom is 0.307 e. The molecule has 0 aromatic carbocycles. The van der Waals surface area contributed by atoms with Crippen molar-refractivity contribution in [2.45, 2.75) is 0 Å². The van der Waals surface area contributed by atoms with E-state index in [9.17, 15) is 0 Å². The fourth-order valence-corrected chi connectivity index (χ4v) is 0.487. The first-order valence-electron chi connectivity index (χ1n) is 3.97. The van der Waals surface area contributed by atoms with Crippen LogP contribution >= 0.6 is 0 Å². The molecule has 0 atom stereocenters. The van der Waals surface area contributed by atoms with Crippen LogP contribution in [0.5, 0.6) is 0 Å². The Morgan fingerprint density at radius 1 is 0.889 bits per heavy atom. The highest BCUT2D eigenvalue weighted by Crippen LogP contribution is 2.04. The van der Waals surface area contributed by atoms with Gasteiger partial charge < -0.3 is 11.5 Å². The minimum absolute atomic E-state index is 0.111. The molecule has 2 aromatic heterocycles. The maximum absolute atomic E-state index is 8.58. The topological polar surface area (TPSA) is 220 Å². The molecule has 0 aliphatic rings. The number of hydrogen-bond donors (Lipinski definition) is 4. The van der Waals surface area contributed by atoms with Gasteiger partial charge in [0.25, 0.3) is 0 Å². The average Bonchev–Trinajstić information content (AvgIpc) is 3.02. The molecule has 6 N–H and O–H groups in total. The minimum Gasteiger partial charge on any atom is -0.372 e. The van der Waals surface area contributed by atoms with Gasteiger partial charge in [0.2, 0.25) is 12.8 Å². The lowest BCUT2D eigenvalue weighted by atomic mass is 11.1. The van der Waals surface area contributed by atoms with Crippen LogP contribution < -0.4 is 11.5 Å². The van der Waals surface area contributed by atoms with E-state index >= 15 is 0 Å². The summed E-state index contributed by atoms with van der Waals surface area (Å²) in [6.45, 7) is 0. The van der Waals surface area contributed by atoms with Crippen molar-refractivity contribution in [3.8, 4) is 0 Å². The molecule has 14 nitrogen and oxygen atoms in total. The number of azo groups is 1. The van der Waals surface area contributed by atoms with Gasteiger partial charge in [-0.05, 0) is 10.4 Å². The Labute approximate surface area is 98.2 Å². The first-order chi connectivity index (χ1) is 8.78. The highest BCUT2D eigenvalue weighted by Gasteiger charge is 1.95.